The Balaban J connectivity index is 1.25. The van der Waals surface area contributed by atoms with Crippen LogP contribution < -0.4 is 5.32 Å². The molecule has 0 fully saturated rings. The number of rotatable bonds is 5. The van der Waals surface area contributed by atoms with Gasteiger partial charge in [-0.2, -0.15) is 5.10 Å². The summed E-state index contributed by atoms with van der Waals surface area (Å²) in [5.41, 5.74) is 7.18. The second-order valence-electron chi connectivity index (χ2n) is 9.10. The molecule has 192 valence electrons. The molecule has 5 heterocycles. The summed E-state index contributed by atoms with van der Waals surface area (Å²) >= 11 is 0. The van der Waals surface area contributed by atoms with Gasteiger partial charge in [0.2, 0.25) is 0 Å². The van der Waals surface area contributed by atoms with Gasteiger partial charge in [0.25, 0.3) is 5.91 Å². The number of imidazole rings is 1. The van der Waals surface area contributed by atoms with Gasteiger partial charge < -0.3 is 10.3 Å². The summed E-state index contributed by atoms with van der Waals surface area (Å²) in [5, 5.41) is 10.4. The second-order valence-corrected chi connectivity index (χ2v) is 9.10. The third kappa shape index (κ3) is 4.23. The first-order valence-electron chi connectivity index (χ1n) is 12.4. The van der Waals surface area contributed by atoms with Crippen LogP contribution in [0.1, 0.15) is 10.4 Å². The summed E-state index contributed by atoms with van der Waals surface area (Å²) in [6.45, 7) is 0. The van der Waals surface area contributed by atoms with E-state index < -0.39 is 0 Å². The molecule has 0 unspecified atom stereocenters. The van der Waals surface area contributed by atoms with E-state index in [1.807, 2.05) is 42.5 Å². The number of H-pyrrole nitrogens is 2. The lowest BCUT2D eigenvalue weighted by atomic mass is 10.1. The highest BCUT2D eigenvalue weighted by molar-refractivity contribution is 6.04. The van der Waals surface area contributed by atoms with Gasteiger partial charge in [-0.05, 0) is 60.7 Å². The number of halogens is 1. The molecule has 3 N–H and O–H groups in total. The summed E-state index contributed by atoms with van der Waals surface area (Å²) in [6, 6.07) is 22.5. The molecule has 40 heavy (non-hydrogen) atoms. The first-order chi connectivity index (χ1) is 19.6. The molecule has 5 aromatic heterocycles. The van der Waals surface area contributed by atoms with Crippen LogP contribution in [-0.4, -0.2) is 41.0 Å². The summed E-state index contributed by atoms with van der Waals surface area (Å²) in [7, 11) is 0. The number of pyridine rings is 3. The zero-order valence-electron chi connectivity index (χ0n) is 20.8. The highest BCUT2D eigenvalue weighted by Gasteiger charge is 2.18. The molecule has 2 aromatic carbocycles. The minimum absolute atomic E-state index is 0.223. The van der Waals surface area contributed by atoms with Crippen molar-refractivity contribution < 1.29 is 9.18 Å². The Morgan fingerprint density at radius 2 is 1.62 bits per heavy atom. The molecule has 0 aliphatic carbocycles. The van der Waals surface area contributed by atoms with E-state index in [1.165, 1.54) is 12.1 Å². The largest absolute Gasteiger partial charge is 0.336 e. The number of amides is 1. The van der Waals surface area contributed by atoms with Gasteiger partial charge in [0.05, 0.1) is 34.3 Å². The van der Waals surface area contributed by atoms with Gasteiger partial charge in [0.15, 0.2) is 11.5 Å². The Labute approximate surface area is 226 Å². The topological polar surface area (TPSA) is 125 Å². The Hall–Kier alpha value is -5.77. The number of aromatic amines is 2. The maximum absolute atomic E-state index is 13.5. The van der Waals surface area contributed by atoms with E-state index in [0.717, 1.165) is 22.2 Å². The van der Waals surface area contributed by atoms with Crippen LogP contribution >= 0.6 is 0 Å². The van der Waals surface area contributed by atoms with Crippen molar-refractivity contribution in [3.63, 3.8) is 0 Å². The summed E-state index contributed by atoms with van der Waals surface area (Å²) in [5.74, 6) is -0.0217. The van der Waals surface area contributed by atoms with Crippen molar-refractivity contribution in [3.05, 3.63) is 109 Å². The summed E-state index contributed by atoms with van der Waals surface area (Å²) in [4.78, 5) is 34.3. The first-order valence-corrected chi connectivity index (χ1v) is 12.4. The Morgan fingerprint density at radius 3 is 2.48 bits per heavy atom. The van der Waals surface area contributed by atoms with Crippen molar-refractivity contribution in [1.29, 1.82) is 0 Å². The number of benzene rings is 2. The van der Waals surface area contributed by atoms with Gasteiger partial charge in [0.1, 0.15) is 16.9 Å². The number of carbonyl (C=O) groups is 1. The monoisotopic (exact) mass is 526 g/mol. The predicted molar refractivity (Wildman–Crippen MR) is 150 cm³/mol. The standard InChI is InChI=1S/C30H19FN8O/c31-20-8-6-17(7-9-20)25-26-23(12-13-33-25)36-29(37-26)28-27-24(38-39-28)11-10-22(35-27)19-14-21(16-32-15-19)34-30(40)18-4-2-1-3-5-18/h1-16H,(H,34,40)(H,36,37)(H,38,39). The normalized spacial score (nSPS) is 11.2. The molecule has 0 saturated heterocycles. The predicted octanol–water partition coefficient (Wildman–Crippen LogP) is 6.02. The highest BCUT2D eigenvalue weighted by Crippen LogP contribution is 2.31. The van der Waals surface area contributed by atoms with E-state index in [2.05, 4.69) is 30.5 Å². The van der Waals surface area contributed by atoms with Crippen molar-refractivity contribution in [2.45, 2.75) is 0 Å². The molecule has 0 radical (unpaired) electrons. The van der Waals surface area contributed by atoms with Crippen molar-refractivity contribution in [1.82, 2.24) is 35.1 Å². The van der Waals surface area contributed by atoms with Crippen molar-refractivity contribution >= 4 is 33.7 Å². The van der Waals surface area contributed by atoms with Crippen molar-refractivity contribution in [2.24, 2.45) is 0 Å². The molecule has 0 spiro atoms. The first kappa shape index (κ1) is 23.4. The molecule has 0 saturated carbocycles. The molecule has 7 aromatic rings. The summed E-state index contributed by atoms with van der Waals surface area (Å²) in [6.07, 6.45) is 4.96. The molecule has 0 aliphatic rings. The second kappa shape index (κ2) is 9.52. The van der Waals surface area contributed by atoms with E-state index in [-0.39, 0.29) is 11.7 Å². The van der Waals surface area contributed by atoms with E-state index in [1.54, 1.807) is 42.9 Å². The number of anilines is 1. The van der Waals surface area contributed by atoms with Crippen LogP contribution in [0.2, 0.25) is 0 Å². The lowest BCUT2D eigenvalue weighted by molar-refractivity contribution is 0.102. The molecule has 9 nitrogen and oxygen atoms in total. The Morgan fingerprint density at radius 1 is 0.800 bits per heavy atom. The quantitative estimate of drug-likeness (QED) is 0.252. The number of aromatic nitrogens is 7. The van der Waals surface area contributed by atoms with Crippen molar-refractivity contribution in [3.8, 4) is 34.0 Å². The van der Waals surface area contributed by atoms with Gasteiger partial charge in [0, 0.05) is 29.1 Å². The van der Waals surface area contributed by atoms with Crippen molar-refractivity contribution in [2.75, 3.05) is 5.32 Å². The number of hydrogen-bond acceptors (Lipinski definition) is 6. The van der Waals surface area contributed by atoms with Crippen LogP contribution in [0.3, 0.4) is 0 Å². The fraction of sp³-hybridized carbons (Fsp3) is 0. The number of nitrogens with zero attached hydrogens (tertiary/aromatic N) is 5. The molecule has 0 atom stereocenters. The zero-order valence-corrected chi connectivity index (χ0v) is 20.8. The van der Waals surface area contributed by atoms with Crippen LogP contribution in [0.4, 0.5) is 10.1 Å². The van der Waals surface area contributed by atoms with Crippen LogP contribution in [0.15, 0.2) is 97.5 Å². The lowest BCUT2D eigenvalue weighted by Gasteiger charge is -2.07. The van der Waals surface area contributed by atoms with Gasteiger partial charge >= 0.3 is 0 Å². The van der Waals surface area contributed by atoms with E-state index in [9.17, 15) is 9.18 Å². The molecular weight excluding hydrogens is 507 g/mol. The minimum atomic E-state index is -0.317. The number of nitrogens with one attached hydrogen (secondary N) is 3. The summed E-state index contributed by atoms with van der Waals surface area (Å²) < 4.78 is 13.5. The van der Waals surface area contributed by atoms with Gasteiger partial charge in [-0.25, -0.2) is 14.4 Å². The van der Waals surface area contributed by atoms with Gasteiger partial charge in [-0.3, -0.25) is 19.9 Å². The van der Waals surface area contributed by atoms with Gasteiger partial charge in [-0.15, -0.1) is 0 Å². The number of fused-ring (bicyclic) bond motifs is 2. The fourth-order valence-corrected chi connectivity index (χ4v) is 4.53. The average Bonchev–Trinajstić information content (AvgIpc) is 3.62. The lowest BCUT2D eigenvalue weighted by Crippen LogP contribution is -2.11. The number of hydrogen-bond donors (Lipinski definition) is 3. The van der Waals surface area contributed by atoms with Crippen LogP contribution in [0.5, 0.6) is 0 Å². The van der Waals surface area contributed by atoms with Crippen LogP contribution in [-0.2, 0) is 0 Å². The maximum Gasteiger partial charge on any atom is 0.255 e. The van der Waals surface area contributed by atoms with Crippen LogP contribution in [0.25, 0.3) is 56.1 Å². The zero-order chi connectivity index (χ0) is 27.1. The molecule has 10 heteroatoms. The third-order valence-corrected chi connectivity index (χ3v) is 6.48. The Bertz CT molecular complexity index is 2020. The molecule has 1 amide bonds. The van der Waals surface area contributed by atoms with E-state index >= 15 is 0 Å². The molecular formula is C30H19FN8O. The SMILES string of the molecule is O=C(Nc1cncc(-c2ccc3[nH]nc(-c4nc5c(-c6ccc(F)cc6)nccc5[nH]4)c3n2)c1)c1ccccc1. The smallest absolute Gasteiger partial charge is 0.255 e. The third-order valence-electron chi connectivity index (χ3n) is 6.48. The minimum Gasteiger partial charge on any atom is -0.336 e. The van der Waals surface area contributed by atoms with Crippen LogP contribution in [0, 0.1) is 5.82 Å². The molecule has 0 bridgehead atoms. The van der Waals surface area contributed by atoms with E-state index in [0.29, 0.717) is 45.2 Å². The molecule has 7 rings (SSSR count). The molecule has 0 aliphatic heterocycles. The maximum atomic E-state index is 13.5. The number of carbonyl (C=O) groups excluding carboxylic acids is 1. The Kier molecular flexibility index (Phi) is 5.56. The van der Waals surface area contributed by atoms with Gasteiger partial charge in [-0.1, -0.05) is 18.2 Å². The highest BCUT2D eigenvalue weighted by atomic mass is 19.1. The average molecular weight is 527 g/mol. The fourth-order valence-electron chi connectivity index (χ4n) is 4.53. The van der Waals surface area contributed by atoms with E-state index in [4.69, 9.17) is 9.97 Å².